The van der Waals surface area contributed by atoms with Gasteiger partial charge in [0.2, 0.25) is 5.65 Å². The number of ether oxygens (including phenoxy) is 1. The first kappa shape index (κ1) is 17.9. The van der Waals surface area contributed by atoms with Gasteiger partial charge in [0.05, 0.1) is 24.2 Å². The van der Waals surface area contributed by atoms with Gasteiger partial charge in [0.15, 0.2) is 11.5 Å². The van der Waals surface area contributed by atoms with Gasteiger partial charge in [-0.25, -0.2) is 14.8 Å². The molecule has 4 heterocycles. The van der Waals surface area contributed by atoms with E-state index in [2.05, 4.69) is 26.2 Å². The summed E-state index contributed by atoms with van der Waals surface area (Å²) in [6.07, 6.45) is 2.49. The van der Waals surface area contributed by atoms with Crippen molar-refractivity contribution in [3.8, 4) is 6.07 Å². The molecule has 3 aromatic heterocycles. The number of amides is 1. The molecule has 0 aromatic carbocycles. The van der Waals surface area contributed by atoms with E-state index < -0.39 is 0 Å². The van der Waals surface area contributed by atoms with E-state index in [4.69, 9.17) is 10.00 Å². The van der Waals surface area contributed by atoms with E-state index in [0.29, 0.717) is 41.3 Å². The smallest absolute Gasteiger partial charge is 0.410 e. The van der Waals surface area contributed by atoms with Gasteiger partial charge < -0.3 is 14.5 Å². The molecular formula is C18H20N8O2. The molecule has 0 unspecified atom stereocenters. The standard InChI is InChI=1S/C18H20N8O2/c1-18(2,3)24(4)17(27)28-12-8-25(9-12)15-16-23-21-10-26(16)13-5-11(6-19)7-20-14(13)22-15/h5,7,10,12H,8-9H2,1-4H3. The zero-order chi connectivity index (χ0) is 20.1. The van der Waals surface area contributed by atoms with Gasteiger partial charge in [0, 0.05) is 18.8 Å². The Kier molecular flexibility index (Phi) is 4.03. The molecule has 10 nitrogen and oxygen atoms in total. The van der Waals surface area contributed by atoms with Crippen LogP contribution in [-0.4, -0.2) is 67.3 Å². The molecule has 1 aliphatic heterocycles. The molecule has 3 aromatic rings. The summed E-state index contributed by atoms with van der Waals surface area (Å²) in [6.45, 7) is 6.88. The quantitative estimate of drug-likeness (QED) is 0.659. The molecule has 0 saturated carbocycles. The third-order valence-corrected chi connectivity index (χ3v) is 4.89. The minimum atomic E-state index is -0.345. The van der Waals surface area contributed by atoms with E-state index >= 15 is 0 Å². The first-order valence-corrected chi connectivity index (χ1v) is 8.87. The van der Waals surface area contributed by atoms with E-state index in [1.165, 1.54) is 6.20 Å². The van der Waals surface area contributed by atoms with Crippen LogP contribution < -0.4 is 4.90 Å². The highest BCUT2D eigenvalue weighted by molar-refractivity contribution is 5.81. The molecule has 1 amide bonds. The summed E-state index contributed by atoms with van der Waals surface area (Å²) >= 11 is 0. The SMILES string of the molecule is CN(C(=O)OC1CN(c2nc3ncc(C#N)cc3n3cnnc23)C1)C(C)(C)C. The lowest BCUT2D eigenvalue weighted by molar-refractivity contribution is 0.0365. The first-order valence-electron chi connectivity index (χ1n) is 8.87. The summed E-state index contributed by atoms with van der Waals surface area (Å²) in [6, 6.07) is 3.78. The lowest BCUT2D eigenvalue weighted by Crippen LogP contribution is -2.55. The third-order valence-electron chi connectivity index (χ3n) is 4.89. The van der Waals surface area contributed by atoms with Gasteiger partial charge in [-0.05, 0) is 26.8 Å². The predicted octanol–water partition coefficient (Wildman–Crippen LogP) is 1.60. The number of carbonyl (C=O) groups excluding carboxylic acids is 1. The lowest BCUT2D eigenvalue weighted by Gasteiger charge is -2.41. The maximum atomic E-state index is 12.2. The number of aromatic nitrogens is 5. The fraction of sp³-hybridized carbons (Fsp3) is 0.444. The van der Waals surface area contributed by atoms with Gasteiger partial charge in [-0.15, -0.1) is 10.2 Å². The number of anilines is 1. The zero-order valence-corrected chi connectivity index (χ0v) is 16.1. The molecule has 0 aliphatic carbocycles. The van der Waals surface area contributed by atoms with Crippen LogP contribution in [0.4, 0.5) is 10.6 Å². The largest absolute Gasteiger partial charge is 0.442 e. The van der Waals surface area contributed by atoms with E-state index in [1.807, 2.05) is 25.7 Å². The maximum absolute atomic E-state index is 12.2. The van der Waals surface area contributed by atoms with Gasteiger partial charge in [-0.2, -0.15) is 5.26 Å². The molecule has 28 heavy (non-hydrogen) atoms. The maximum Gasteiger partial charge on any atom is 0.410 e. The van der Waals surface area contributed by atoms with E-state index in [0.717, 1.165) is 0 Å². The van der Waals surface area contributed by atoms with Crippen molar-refractivity contribution in [2.45, 2.75) is 32.4 Å². The first-order chi connectivity index (χ1) is 13.3. The molecule has 0 N–H and O–H groups in total. The van der Waals surface area contributed by atoms with E-state index in [9.17, 15) is 4.79 Å². The monoisotopic (exact) mass is 380 g/mol. The molecule has 0 bridgehead atoms. The molecule has 0 radical (unpaired) electrons. The fourth-order valence-electron chi connectivity index (χ4n) is 2.88. The highest BCUT2D eigenvalue weighted by Gasteiger charge is 2.35. The Hall–Kier alpha value is -3.48. The number of hydrogen-bond acceptors (Lipinski definition) is 8. The average Bonchev–Trinajstić information content (AvgIpc) is 3.12. The molecule has 0 atom stereocenters. The number of rotatable bonds is 2. The number of fused-ring (bicyclic) bond motifs is 3. The van der Waals surface area contributed by atoms with Crippen LogP contribution in [0, 0.1) is 11.3 Å². The Labute approximate surface area is 161 Å². The third kappa shape index (κ3) is 2.94. The second-order valence-electron chi connectivity index (χ2n) is 7.78. The summed E-state index contributed by atoms with van der Waals surface area (Å²) < 4.78 is 7.32. The van der Waals surface area contributed by atoms with Crippen molar-refractivity contribution < 1.29 is 9.53 Å². The van der Waals surface area contributed by atoms with Crippen molar-refractivity contribution in [3.05, 3.63) is 24.2 Å². The molecule has 1 saturated heterocycles. The molecular weight excluding hydrogens is 360 g/mol. The molecule has 1 aliphatic rings. The number of nitriles is 1. The van der Waals surface area contributed by atoms with Gasteiger partial charge in [-0.1, -0.05) is 0 Å². The van der Waals surface area contributed by atoms with Gasteiger partial charge >= 0.3 is 6.09 Å². The minimum absolute atomic E-state index is 0.216. The highest BCUT2D eigenvalue weighted by atomic mass is 16.6. The van der Waals surface area contributed by atoms with Gasteiger partial charge in [0.25, 0.3) is 0 Å². The van der Waals surface area contributed by atoms with Crippen LogP contribution >= 0.6 is 0 Å². The van der Waals surface area contributed by atoms with Crippen molar-refractivity contribution in [2.75, 3.05) is 25.0 Å². The lowest BCUT2D eigenvalue weighted by atomic mass is 10.1. The average molecular weight is 380 g/mol. The Morgan fingerprint density at radius 3 is 2.82 bits per heavy atom. The van der Waals surface area contributed by atoms with Gasteiger partial charge in [0.1, 0.15) is 18.5 Å². The van der Waals surface area contributed by atoms with E-state index in [1.54, 1.807) is 28.7 Å². The summed E-state index contributed by atoms with van der Waals surface area (Å²) in [7, 11) is 1.73. The number of hydrogen-bond donors (Lipinski definition) is 0. The van der Waals surface area contributed by atoms with E-state index in [-0.39, 0.29) is 17.7 Å². The molecule has 144 valence electrons. The van der Waals surface area contributed by atoms with Gasteiger partial charge in [-0.3, -0.25) is 4.40 Å². The van der Waals surface area contributed by atoms with Crippen LogP contribution in [0.3, 0.4) is 0 Å². The van der Waals surface area contributed by atoms with Crippen LogP contribution in [0.1, 0.15) is 26.3 Å². The van der Waals surface area contributed by atoms with Crippen LogP contribution in [0.15, 0.2) is 18.6 Å². The second kappa shape index (κ2) is 6.30. The fourth-order valence-corrected chi connectivity index (χ4v) is 2.88. The van der Waals surface area contributed by atoms with Crippen LogP contribution in [0.25, 0.3) is 16.8 Å². The second-order valence-corrected chi connectivity index (χ2v) is 7.78. The summed E-state index contributed by atoms with van der Waals surface area (Å²) in [4.78, 5) is 24.7. The Bertz CT molecular complexity index is 1100. The Morgan fingerprint density at radius 1 is 1.39 bits per heavy atom. The zero-order valence-electron chi connectivity index (χ0n) is 16.1. The summed E-state index contributed by atoms with van der Waals surface area (Å²) in [5.41, 5.74) is 1.87. The summed E-state index contributed by atoms with van der Waals surface area (Å²) in [5.74, 6) is 0.624. The molecule has 1 fully saturated rings. The van der Waals surface area contributed by atoms with Crippen molar-refractivity contribution in [2.24, 2.45) is 0 Å². The van der Waals surface area contributed by atoms with Crippen LogP contribution in [-0.2, 0) is 4.74 Å². The van der Waals surface area contributed by atoms with Crippen molar-refractivity contribution >= 4 is 28.7 Å². The van der Waals surface area contributed by atoms with Crippen molar-refractivity contribution in [3.63, 3.8) is 0 Å². The minimum Gasteiger partial charge on any atom is -0.442 e. The predicted molar refractivity (Wildman–Crippen MR) is 101 cm³/mol. The molecule has 10 heteroatoms. The van der Waals surface area contributed by atoms with Crippen LogP contribution in [0.2, 0.25) is 0 Å². The normalized spacial score (nSPS) is 14.8. The Morgan fingerprint density at radius 2 is 2.14 bits per heavy atom. The number of pyridine rings is 1. The molecule has 0 spiro atoms. The molecule has 4 rings (SSSR count). The Balaban J connectivity index is 1.56. The van der Waals surface area contributed by atoms with Crippen LogP contribution in [0.5, 0.6) is 0 Å². The summed E-state index contributed by atoms with van der Waals surface area (Å²) in [5, 5.41) is 17.2. The topological polar surface area (TPSA) is 113 Å². The van der Waals surface area contributed by atoms with Crippen molar-refractivity contribution in [1.29, 1.82) is 5.26 Å². The van der Waals surface area contributed by atoms with Crippen molar-refractivity contribution in [1.82, 2.24) is 29.5 Å². The number of carbonyl (C=O) groups is 1. The number of nitrogens with zero attached hydrogens (tertiary/aromatic N) is 8. The highest BCUT2D eigenvalue weighted by Crippen LogP contribution is 2.27.